The Hall–Kier alpha value is -5.22. The van der Waals surface area contributed by atoms with Crippen LogP contribution in [-0.2, 0) is 0 Å². The highest BCUT2D eigenvalue weighted by Crippen LogP contribution is 2.33. The van der Waals surface area contributed by atoms with Crippen molar-refractivity contribution in [3.8, 4) is 28.2 Å². The predicted octanol–water partition coefficient (Wildman–Crippen LogP) is 8.78. The van der Waals surface area contributed by atoms with Gasteiger partial charge in [0.25, 0.3) is 0 Å². The summed E-state index contributed by atoms with van der Waals surface area (Å²) in [7, 11) is 0. The highest BCUT2D eigenvalue weighted by molar-refractivity contribution is 6.05. The number of hydrogen-bond donors (Lipinski definition) is 0. The summed E-state index contributed by atoms with van der Waals surface area (Å²) in [5.41, 5.74) is 8.59. The van der Waals surface area contributed by atoms with E-state index in [1.54, 1.807) is 0 Å². The summed E-state index contributed by atoms with van der Waals surface area (Å²) in [6, 6.07) is 43.4. The molecule has 4 nitrogen and oxygen atoms in total. The zero-order valence-corrected chi connectivity index (χ0v) is 20.5. The van der Waals surface area contributed by atoms with Crippen molar-refractivity contribution in [1.29, 1.82) is 0 Å². The summed E-state index contributed by atoms with van der Waals surface area (Å²) in [6.45, 7) is 0. The fourth-order valence-corrected chi connectivity index (χ4v) is 5.01. The second kappa shape index (κ2) is 9.34. The summed E-state index contributed by atoms with van der Waals surface area (Å²) < 4.78 is 8.83. The average molecular weight is 490 g/mol. The van der Waals surface area contributed by atoms with Gasteiger partial charge in [0.1, 0.15) is 5.58 Å². The molecule has 0 aliphatic carbocycles. The highest BCUT2D eigenvalue weighted by atomic mass is 16.3. The molecule has 0 bridgehead atoms. The maximum Gasteiger partial charge on any atom is 0.151 e. The Balaban J connectivity index is 1.66. The molecule has 0 aliphatic rings. The topological polar surface area (TPSA) is 43.9 Å². The van der Waals surface area contributed by atoms with Crippen LogP contribution in [0.25, 0.3) is 61.2 Å². The van der Waals surface area contributed by atoms with Crippen molar-refractivity contribution >= 4 is 33.0 Å². The van der Waals surface area contributed by atoms with E-state index in [1.807, 2.05) is 79.1 Å². The number of rotatable bonds is 3. The van der Waals surface area contributed by atoms with E-state index in [-0.39, 0.29) is 0 Å². The van der Waals surface area contributed by atoms with E-state index >= 15 is 0 Å². The van der Waals surface area contributed by atoms with Gasteiger partial charge in [0.2, 0.25) is 0 Å². The Morgan fingerprint density at radius 2 is 1.16 bits per heavy atom. The van der Waals surface area contributed by atoms with Crippen molar-refractivity contribution in [2.24, 2.45) is 0 Å². The van der Waals surface area contributed by atoms with E-state index in [0.717, 1.165) is 61.2 Å². The van der Waals surface area contributed by atoms with Crippen LogP contribution in [0.5, 0.6) is 0 Å². The quantitative estimate of drug-likeness (QED) is 0.249. The Morgan fingerprint density at radius 1 is 0.474 bits per heavy atom. The first-order valence-electron chi connectivity index (χ1n) is 12.6. The number of para-hydroxylation sites is 3. The molecule has 0 N–H and O–H groups in total. The van der Waals surface area contributed by atoms with Gasteiger partial charge in [-0.25, -0.2) is 0 Å². The monoisotopic (exact) mass is 489 g/mol. The molecular formula is C34H23N3O. The van der Waals surface area contributed by atoms with Crippen molar-refractivity contribution in [1.82, 2.24) is 14.5 Å². The van der Waals surface area contributed by atoms with Gasteiger partial charge in [-0.05, 0) is 60.7 Å². The lowest BCUT2D eigenvalue weighted by molar-refractivity contribution is 0.660. The SMILES string of the molecule is c1ccc(-c2cccc(-n3c4ccccc4oc4ccccc4c4ccc(-c5ccccn5)cc43)c2)nc1. The molecule has 0 atom stereocenters. The Bertz CT molecular complexity index is 1970. The van der Waals surface area contributed by atoms with E-state index < -0.39 is 0 Å². The zero-order valence-electron chi connectivity index (χ0n) is 20.5. The van der Waals surface area contributed by atoms with Gasteiger partial charge in [-0.3, -0.25) is 9.97 Å². The molecule has 0 saturated heterocycles. The fraction of sp³-hybridized carbons (Fsp3) is 0. The number of pyridine rings is 2. The van der Waals surface area contributed by atoms with Gasteiger partial charge in [-0.2, -0.15) is 0 Å². The van der Waals surface area contributed by atoms with Crippen molar-refractivity contribution in [3.05, 3.63) is 140 Å². The van der Waals surface area contributed by atoms with E-state index in [9.17, 15) is 0 Å². The number of benzene rings is 4. The number of aromatic nitrogens is 3. The standard InChI is InChI=1S/C34H23N3O/c1-3-16-33-28(12-1)27-19-18-25(30-14-6-8-21-36-30)23-32(27)37(31-15-2-4-17-34(31)38-33)26-11-9-10-24(22-26)29-13-5-7-20-35-29/h1-23H. The first kappa shape index (κ1) is 22.0. The normalized spacial score (nSPS) is 11.2. The van der Waals surface area contributed by atoms with Crippen LogP contribution in [0.1, 0.15) is 0 Å². The Morgan fingerprint density at radius 3 is 1.92 bits per heavy atom. The third-order valence-electron chi connectivity index (χ3n) is 6.77. The molecule has 7 aromatic rings. The lowest BCUT2D eigenvalue weighted by Gasteiger charge is -2.16. The minimum atomic E-state index is 0.789. The van der Waals surface area contributed by atoms with E-state index in [1.165, 1.54) is 0 Å². The summed E-state index contributed by atoms with van der Waals surface area (Å²) >= 11 is 0. The van der Waals surface area contributed by atoms with E-state index in [4.69, 9.17) is 4.42 Å². The van der Waals surface area contributed by atoms with Crippen LogP contribution in [0.3, 0.4) is 0 Å². The average Bonchev–Trinajstić information content (AvgIpc) is 2.99. The molecule has 0 amide bonds. The third kappa shape index (κ3) is 3.89. The first-order valence-corrected chi connectivity index (χ1v) is 12.6. The molecule has 0 saturated carbocycles. The van der Waals surface area contributed by atoms with Gasteiger partial charge in [-0.15, -0.1) is 0 Å². The predicted molar refractivity (Wildman–Crippen MR) is 155 cm³/mol. The molecule has 3 heterocycles. The Labute approximate surface area is 219 Å². The Kier molecular flexibility index (Phi) is 5.41. The van der Waals surface area contributed by atoms with Gasteiger partial charge < -0.3 is 8.98 Å². The van der Waals surface area contributed by atoms with Crippen LogP contribution in [-0.4, -0.2) is 14.5 Å². The second-order valence-corrected chi connectivity index (χ2v) is 9.11. The van der Waals surface area contributed by atoms with Gasteiger partial charge in [-0.1, -0.05) is 66.7 Å². The summed E-state index contributed by atoms with van der Waals surface area (Å²) in [5.74, 6) is 0. The molecule has 3 aromatic heterocycles. The fourth-order valence-electron chi connectivity index (χ4n) is 5.01. The molecule has 4 heteroatoms. The first-order chi connectivity index (χ1) is 18.8. The van der Waals surface area contributed by atoms with Crippen molar-refractivity contribution < 1.29 is 4.42 Å². The molecule has 0 radical (unpaired) electrons. The minimum Gasteiger partial charge on any atom is -0.455 e. The summed E-state index contributed by atoms with van der Waals surface area (Å²) in [4.78, 5) is 9.22. The van der Waals surface area contributed by atoms with Gasteiger partial charge in [0, 0.05) is 40.0 Å². The molecule has 38 heavy (non-hydrogen) atoms. The van der Waals surface area contributed by atoms with Crippen molar-refractivity contribution in [2.45, 2.75) is 0 Å². The lowest BCUT2D eigenvalue weighted by Crippen LogP contribution is -2.00. The number of hydrogen-bond acceptors (Lipinski definition) is 3. The van der Waals surface area contributed by atoms with Crippen LogP contribution < -0.4 is 0 Å². The molecule has 0 unspecified atom stereocenters. The second-order valence-electron chi connectivity index (χ2n) is 9.11. The molecule has 0 aliphatic heterocycles. The molecule has 7 rings (SSSR count). The van der Waals surface area contributed by atoms with Crippen LogP contribution in [0.4, 0.5) is 0 Å². The maximum absolute atomic E-state index is 6.55. The highest BCUT2D eigenvalue weighted by Gasteiger charge is 2.12. The van der Waals surface area contributed by atoms with Crippen molar-refractivity contribution in [2.75, 3.05) is 0 Å². The summed E-state index contributed by atoms with van der Waals surface area (Å²) in [6.07, 6.45) is 3.66. The van der Waals surface area contributed by atoms with Gasteiger partial charge >= 0.3 is 0 Å². The van der Waals surface area contributed by atoms with Crippen LogP contribution >= 0.6 is 0 Å². The molecule has 0 spiro atoms. The third-order valence-corrected chi connectivity index (χ3v) is 6.77. The molecule has 180 valence electrons. The van der Waals surface area contributed by atoms with Crippen LogP contribution in [0, 0.1) is 0 Å². The van der Waals surface area contributed by atoms with Gasteiger partial charge in [0.05, 0.1) is 22.4 Å². The number of nitrogens with zero attached hydrogens (tertiary/aromatic N) is 3. The lowest BCUT2D eigenvalue weighted by atomic mass is 10.0. The molecular weight excluding hydrogens is 466 g/mol. The van der Waals surface area contributed by atoms with Crippen molar-refractivity contribution in [3.63, 3.8) is 0 Å². The van der Waals surface area contributed by atoms with E-state index in [2.05, 4.69) is 75.2 Å². The smallest absolute Gasteiger partial charge is 0.151 e. The minimum absolute atomic E-state index is 0.789. The zero-order chi connectivity index (χ0) is 25.3. The molecule has 4 aromatic carbocycles. The number of fused-ring (bicyclic) bond motifs is 4. The van der Waals surface area contributed by atoms with Crippen LogP contribution in [0.2, 0.25) is 0 Å². The van der Waals surface area contributed by atoms with Gasteiger partial charge in [0.15, 0.2) is 5.58 Å². The largest absolute Gasteiger partial charge is 0.455 e. The maximum atomic E-state index is 6.55. The van der Waals surface area contributed by atoms with E-state index in [0.29, 0.717) is 0 Å². The summed E-state index contributed by atoms with van der Waals surface area (Å²) in [5, 5.41) is 2.12. The molecule has 0 fully saturated rings. The van der Waals surface area contributed by atoms with Crippen LogP contribution in [0.15, 0.2) is 144 Å².